The molecule has 1 N–H and O–H groups in total. The molecule has 1 heterocycles. The molecule has 1 aromatic heterocycles. The van der Waals surface area contributed by atoms with Gasteiger partial charge in [0.1, 0.15) is 5.69 Å². The van der Waals surface area contributed by atoms with E-state index in [0.717, 1.165) is 17.5 Å². The molecule has 0 aliphatic heterocycles. The largest absolute Gasteiger partial charge is 0.462 e. The molecule has 2 aromatic rings. The van der Waals surface area contributed by atoms with Gasteiger partial charge in [-0.2, -0.15) is 0 Å². The number of H-pyrrole nitrogens is 1. The van der Waals surface area contributed by atoms with Crippen LogP contribution in [0.25, 0.3) is 11.1 Å². The number of hydrogen-bond acceptors (Lipinski definition) is 5. The molecular formula is C19H23NO5. The highest BCUT2D eigenvalue weighted by atomic mass is 16.5. The summed E-state index contributed by atoms with van der Waals surface area (Å²) in [6.07, 6.45) is 2.22. The Morgan fingerprint density at radius 3 is 2.48 bits per heavy atom. The lowest BCUT2D eigenvalue weighted by Crippen LogP contribution is -2.09. The van der Waals surface area contributed by atoms with E-state index in [2.05, 4.69) is 4.98 Å². The second-order valence-corrected chi connectivity index (χ2v) is 5.34. The van der Waals surface area contributed by atoms with Crippen molar-refractivity contribution in [1.82, 2.24) is 4.98 Å². The van der Waals surface area contributed by atoms with Gasteiger partial charge in [0.25, 0.3) is 0 Å². The van der Waals surface area contributed by atoms with Gasteiger partial charge in [-0.1, -0.05) is 24.3 Å². The number of aromatic amines is 1. The van der Waals surface area contributed by atoms with Crippen LogP contribution in [-0.2, 0) is 20.6 Å². The van der Waals surface area contributed by atoms with Gasteiger partial charge in [-0.3, -0.25) is 0 Å². The molecule has 0 aliphatic carbocycles. The van der Waals surface area contributed by atoms with E-state index in [1.807, 2.05) is 24.3 Å². The summed E-state index contributed by atoms with van der Waals surface area (Å²) in [7, 11) is 1.65. The number of nitrogens with one attached hydrogen (secondary N) is 1. The van der Waals surface area contributed by atoms with Crippen molar-refractivity contribution in [2.24, 2.45) is 0 Å². The van der Waals surface area contributed by atoms with Gasteiger partial charge in [0.05, 0.1) is 25.4 Å². The molecule has 0 spiro atoms. The van der Waals surface area contributed by atoms with E-state index in [1.165, 1.54) is 6.20 Å². The number of rotatable bonds is 8. The Balaban J connectivity index is 2.50. The summed E-state index contributed by atoms with van der Waals surface area (Å²) in [6.45, 7) is 4.57. The third-order valence-electron chi connectivity index (χ3n) is 3.67. The molecule has 25 heavy (non-hydrogen) atoms. The van der Waals surface area contributed by atoms with E-state index in [0.29, 0.717) is 17.7 Å². The molecule has 0 bridgehead atoms. The maximum absolute atomic E-state index is 12.3. The van der Waals surface area contributed by atoms with Gasteiger partial charge in [-0.25, -0.2) is 9.59 Å². The van der Waals surface area contributed by atoms with Crippen LogP contribution in [0.4, 0.5) is 0 Å². The zero-order valence-corrected chi connectivity index (χ0v) is 14.8. The van der Waals surface area contributed by atoms with Crippen molar-refractivity contribution in [3.05, 3.63) is 47.3 Å². The fraction of sp³-hybridized carbons (Fsp3) is 0.368. The minimum Gasteiger partial charge on any atom is -0.462 e. The lowest BCUT2D eigenvalue weighted by molar-refractivity contribution is 0.0519. The lowest BCUT2D eigenvalue weighted by Gasteiger charge is -2.09. The summed E-state index contributed by atoms with van der Waals surface area (Å²) < 4.78 is 15.3. The Bertz CT molecular complexity index is 700. The predicted molar refractivity (Wildman–Crippen MR) is 93.7 cm³/mol. The quantitative estimate of drug-likeness (QED) is 0.743. The first-order valence-electron chi connectivity index (χ1n) is 8.26. The third kappa shape index (κ3) is 4.48. The van der Waals surface area contributed by atoms with Crippen LogP contribution in [0, 0.1) is 0 Å². The Kier molecular flexibility index (Phi) is 6.77. The van der Waals surface area contributed by atoms with Crippen LogP contribution in [0.3, 0.4) is 0 Å². The Morgan fingerprint density at radius 2 is 1.80 bits per heavy atom. The van der Waals surface area contributed by atoms with Crippen molar-refractivity contribution in [3.8, 4) is 11.1 Å². The van der Waals surface area contributed by atoms with Crippen LogP contribution in [0.5, 0.6) is 0 Å². The molecule has 134 valence electrons. The summed E-state index contributed by atoms with van der Waals surface area (Å²) in [4.78, 5) is 27.4. The zero-order chi connectivity index (χ0) is 18.2. The highest BCUT2D eigenvalue weighted by Gasteiger charge is 2.24. The highest BCUT2D eigenvalue weighted by molar-refractivity contribution is 6.05. The Labute approximate surface area is 147 Å². The van der Waals surface area contributed by atoms with E-state index in [9.17, 15) is 9.59 Å². The van der Waals surface area contributed by atoms with Gasteiger partial charge >= 0.3 is 11.9 Å². The molecule has 0 amide bonds. The molecule has 0 radical (unpaired) electrons. The fourth-order valence-electron chi connectivity index (χ4n) is 2.56. The maximum Gasteiger partial charge on any atom is 0.355 e. The third-order valence-corrected chi connectivity index (χ3v) is 3.67. The van der Waals surface area contributed by atoms with Crippen molar-refractivity contribution < 1.29 is 23.8 Å². The minimum atomic E-state index is -0.504. The van der Waals surface area contributed by atoms with Crippen LogP contribution in [0.2, 0.25) is 0 Å². The minimum absolute atomic E-state index is 0.244. The number of benzene rings is 1. The molecule has 6 heteroatoms. The molecule has 1 aromatic carbocycles. The van der Waals surface area contributed by atoms with Crippen molar-refractivity contribution in [2.75, 3.05) is 26.9 Å². The van der Waals surface area contributed by atoms with Gasteiger partial charge in [0.15, 0.2) is 0 Å². The van der Waals surface area contributed by atoms with Gasteiger partial charge in [-0.15, -0.1) is 0 Å². The second kappa shape index (κ2) is 9.03. The SMILES string of the molecule is CCOC(=O)c1c[nH]c(C(=O)OCC)c1-c1cccc(CCOC)c1. The van der Waals surface area contributed by atoms with Crippen molar-refractivity contribution in [3.63, 3.8) is 0 Å². The Morgan fingerprint density at radius 1 is 1.08 bits per heavy atom. The fourth-order valence-corrected chi connectivity index (χ4v) is 2.56. The van der Waals surface area contributed by atoms with E-state index < -0.39 is 11.9 Å². The molecule has 0 saturated carbocycles. The smallest absolute Gasteiger partial charge is 0.355 e. The van der Waals surface area contributed by atoms with Crippen molar-refractivity contribution in [2.45, 2.75) is 20.3 Å². The van der Waals surface area contributed by atoms with Crippen LogP contribution in [-0.4, -0.2) is 43.9 Å². The zero-order valence-electron chi connectivity index (χ0n) is 14.8. The number of hydrogen-bond donors (Lipinski definition) is 1. The average molecular weight is 345 g/mol. The summed E-state index contributed by atoms with van der Waals surface area (Å²) in [5.74, 6) is -0.984. The summed E-state index contributed by atoms with van der Waals surface area (Å²) in [5, 5.41) is 0. The standard InChI is InChI=1S/C19H23NO5/c1-4-24-18(21)15-12-20-17(19(22)25-5-2)16(15)14-8-6-7-13(11-14)9-10-23-3/h6-8,11-12,20H,4-5,9-10H2,1-3H3. The molecule has 0 unspecified atom stereocenters. The highest BCUT2D eigenvalue weighted by Crippen LogP contribution is 2.30. The number of esters is 2. The van der Waals surface area contributed by atoms with Crippen molar-refractivity contribution in [1.29, 1.82) is 0 Å². The van der Waals surface area contributed by atoms with Gasteiger partial charge < -0.3 is 19.2 Å². The van der Waals surface area contributed by atoms with Crippen LogP contribution < -0.4 is 0 Å². The van der Waals surface area contributed by atoms with E-state index in [1.54, 1.807) is 21.0 Å². The maximum atomic E-state index is 12.3. The summed E-state index contributed by atoms with van der Waals surface area (Å²) in [5.41, 5.74) is 2.85. The van der Waals surface area contributed by atoms with Gasteiger partial charge in [-0.05, 0) is 31.4 Å². The Hall–Kier alpha value is -2.60. The second-order valence-electron chi connectivity index (χ2n) is 5.34. The lowest BCUT2D eigenvalue weighted by atomic mass is 9.98. The van der Waals surface area contributed by atoms with Gasteiger partial charge in [0.2, 0.25) is 0 Å². The molecule has 2 rings (SSSR count). The molecule has 6 nitrogen and oxygen atoms in total. The number of carbonyl (C=O) groups excluding carboxylic acids is 2. The topological polar surface area (TPSA) is 77.6 Å². The van der Waals surface area contributed by atoms with E-state index in [4.69, 9.17) is 14.2 Å². The number of aromatic nitrogens is 1. The molecule has 0 saturated heterocycles. The van der Waals surface area contributed by atoms with Crippen LogP contribution in [0.15, 0.2) is 30.5 Å². The first-order valence-corrected chi connectivity index (χ1v) is 8.26. The summed E-state index contributed by atoms with van der Waals surface area (Å²) in [6, 6.07) is 7.65. The van der Waals surface area contributed by atoms with E-state index >= 15 is 0 Å². The van der Waals surface area contributed by atoms with Crippen LogP contribution in [0.1, 0.15) is 40.3 Å². The predicted octanol–water partition coefficient (Wildman–Crippen LogP) is 3.22. The summed E-state index contributed by atoms with van der Waals surface area (Å²) >= 11 is 0. The molecule has 0 atom stereocenters. The molecule has 0 fully saturated rings. The number of carbonyl (C=O) groups is 2. The van der Waals surface area contributed by atoms with Crippen molar-refractivity contribution >= 4 is 11.9 Å². The monoisotopic (exact) mass is 345 g/mol. The number of methoxy groups -OCH3 is 1. The van der Waals surface area contributed by atoms with Gasteiger partial charge in [0, 0.05) is 18.9 Å². The average Bonchev–Trinajstić information content (AvgIpc) is 3.06. The molecule has 0 aliphatic rings. The number of ether oxygens (including phenoxy) is 3. The van der Waals surface area contributed by atoms with E-state index in [-0.39, 0.29) is 18.9 Å². The van der Waals surface area contributed by atoms with Crippen LogP contribution >= 0.6 is 0 Å². The molecular weight excluding hydrogens is 322 g/mol. The first-order chi connectivity index (χ1) is 12.1. The normalized spacial score (nSPS) is 10.5. The first kappa shape index (κ1) is 18.7.